The van der Waals surface area contributed by atoms with Gasteiger partial charge in [0, 0.05) is 55.6 Å². The van der Waals surface area contributed by atoms with Gasteiger partial charge in [-0.1, -0.05) is 91.0 Å². The molecule has 10 aromatic rings. The van der Waals surface area contributed by atoms with Gasteiger partial charge in [0.25, 0.3) is 0 Å². The molecule has 210 valence electrons. The van der Waals surface area contributed by atoms with Crippen molar-refractivity contribution in [1.82, 2.24) is 13.7 Å². The van der Waals surface area contributed by atoms with Gasteiger partial charge in [0.05, 0.1) is 27.6 Å². The smallest absolute Gasteiger partial charge is 0.0607 e. The van der Waals surface area contributed by atoms with Crippen molar-refractivity contribution < 1.29 is 0 Å². The average molecular weight is 574 g/mol. The Morgan fingerprint density at radius 1 is 0.333 bits per heavy atom. The van der Waals surface area contributed by atoms with Crippen molar-refractivity contribution in [2.75, 3.05) is 0 Å². The molecule has 0 spiro atoms. The molecule has 0 aliphatic carbocycles. The minimum absolute atomic E-state index is 1.16. The summed E-state index contributed by atoms with van der Waals surface area (Å²) in [5, 5.41) is 8.84. The van der Waals surface area contributed by atoms with E-state index in [0.717, 1.165) is 5.69 Å². The highest BCUT2D eigenvalue weighted by molar-refractivity contribution is 6.25. The van der Waals surface area contributed by atoms with Gasteiger partial charge in [0.15, 0.2) is 0 Å². The molecule has 0 saturated heterocycles. The third-order valence-corrected chi connectivity index (χ3v) is 9.44. The van der Waals surface area contributed by atoms with E-state index in [2.05, 4.69) is 178 Å². The Kier molecular flexibility index (Phi) is 5.00. The van der Waals surface area contributed by atoms with Gasteiger partial charge < -0.3 is 13.7 Å². The molecule has 7 aromatic carbocycles. The number of benzene rings is 7. The Morgan fingerprint density at radius 2 is 0.911 bits per heavy atom. The lowest BCUT2D eigenvalue weighted by Crippen LogP contribution is -1.95. The summed E-state index contributed by atoms with van der Waals surface area (Å²) in [4.78, 5) is 0. The maximum Gasteiger partial charge on any atom is 0.0607 e. The van der Waals surface area contributed by atoms with Gasteiger partial charge >= 0.3 is 0 Å². The van der Waals surface area contributed by atoms with Crippen molar-refractivity contribution in [2.45, 2.75) is 0 Å². The van der Waals surface area contributed by atoms with E-state index in [1.165, 1.54) is 76.7 Å². The maximum absolute atomic E-state index is 2.39. The van der Waals surface area contributed by atoms with Gasteiger partial charge in [-0.25, -0.2) is 0 Å². The summed E-state index contributed by atoms with van der Waals surface area (Å²) in [7, 11) is 0. The van der Waals surface area contributed by atoms with Crippen molar-refractivity contribution in [3.63, 3.8) is 0 Å². The summed E-state index contributed by atoms with van der Waals surface area (Å²) in [5.74, 6) is 0. The van der Waals surface area contributed by atoms with E-state index >= 15 is 0 Å². The van der Waals surface area contributed by atoms with E-state index < -0.39 is 0 Å². The number of aromatic nitrogens is 3. The summed E-state index contributed by atoms with van der Waals surface area (Å²) < 4.78 is 7.13. The summed E-state index contributed by atoms with van der Waals surface area (Å²) >= 11 is 0. The molecule has 3 nitrogen and oxygen atoms in total. The Bertz CT molecular complexity index is 2740. The van der Waals surface area contributed by atoms with Crippen LogP contribution in [0.15, 0.2) is 164 Å². The molecule has 0 amide bonds. The van der Waals surface area contributed by atoms with E-state index in [9.17, 15) is 0 Å². The SMILES string of the molecule is c1ccc(-n2c3ccccc3c3cc(-n4ccc5ccc6c(ccc7c6c6ccccc6n7-c6ccccc6)c54)ccc32)cc1. The number of hydrogen-bond donors (Lipinski definition) is 0. The van der Waals surface area contributed by atoms with Crippen LogP contribution in [-0.4, -0.2) is 13.7 Å². The normalized spacial score (nSPS) is 12.0. The molecule has 0 unspecified atom stereocenters. The number of fused-ring (bicyclic) bond motifs is 10. The fourth-order valence-corrected chi connectivity index (χ4v) is 7.54. The first-order chi connectivity index (χ1) is 22.3. The van der Waals surface area contributed by atoms with Crippen molar-refractivity contribution in [3.05, 3.63) is 164 Å². The minimum atomic E-state index is 1.16. The van der Waals surface area contributed by atoms with Gasteiger partial charge in [0.2, 0.25) is 0 Å². The second-order valence-corrected chi connectivity index (χ2v) is 11.8. The van der Waals surface area contributed by atoms with E-state index in [1.807, 2.05) is 0 Å². The van der Waals surface area contributed by atoms with E-state index in [-0.39, 0.29) is 0 Å². The highest BCUT2D eigenvalue weighted by Crippen LogP contribution is 2.40. The van der Waals surface area contributed by atoms with Crippen molar-refractivity contribution in [1.29, 1.82) is 0 Å². The molecule has 3 heteroatoms. The Morgan fingerprint density at radius 3 is 1.67 bits per heavy atom. The third kappa shape index (κ3) is 3.41. The zero-order valence-electron chi connectivity index (χ0n) is 24.4. The molecule has 0 saturated carbocycles. The fourth-order valence-electron chi connectivity index (χ4n) is 7.54. The Hall–Kier alpha value is -6.06. The van der Waals surface area contributed by atoms with Gasteiger partial charge in [-0.2, -0.15) is 0 Å². The van der Waals surface area contributed by atoms with E-state index in [0.29, 0.717) is 0 Å². The largest absolute Gasteiger partial charge is 0.316 e. The molecule has 45 heavy (non-hydrogen) atoms. The average Bonchev–Trinajstić information content (AvgIpc) is 3.79. The van der Waals surface area contributed by atoms with Crippen LogP contribution < -0.4 is 0 Å². The first-order valence-electron chi connectivity index (χ1n) is 15.5. The predicted molar refractivity (Wildman–Crippen MR) is 189 cm³/mol. The van der Waals surface area contributed by atoms with Crippen molar-refractivity contribution in [2.24, 2.45) is 0 Å². The Labute approximate surface area is 259 Å². The second kappa shape index (κ2) is 9.22. The maximum atomic E-state index is 2.39. The summed E-state index contributed by atoms with van der Waals surface area (Å²) in [6.45, 7) is 0. The number of hydrogen-bond acceptors (Lipinski definition) is 0. The third-order valence-electron chi connectivity index (χ3n) is 9.44. The fraction of sp³-hybridized carbons (Fsp3) is 0. The lowest BCUT2D eigenvalue weighted by Gasteiger charge is -2.11. The molecular weight excluding hydrogens is 546 g/mol. The van der Waals surface area contributed by atoms with Crippen LogP contribution in [0.1, 0.15) is 0 Å². The number of para-hydroxylation sites is 4. The van der Waals surface area contributed by atoms with Crippen LogP contribution >= 0.6 is 0 Å². The van der Waals surface area contributed by atoms with Crippen molar-refractivity contribution in [3.8, 4) is 17.1 Å². The van der Waals surface area contributed by atoms with Crippen molar-refractivity contribution >= 4 is 65.3 Å². The van der Waals surface area contributed by atoms with Crippen LogP contribution in [0.3, 0.4) is 0 Å². The lowest BCUT2D eigenvalue weighted by molar-refractivity contribution is 1.13. The van der Waals surface area contributed by atoms with Gasteiger partial charge in [-0.3, -0.25) is 0 Å². The molecular formula is C42H27N3. The topological polar surface area (TPSA) is 14.8 Å². The minimum Gasteiger partial charge on any atom is -0.316 e. The van der Waals surface area contributed by atoms with Gasteiger partial charge in [0.1, 0.15) is 0 Å². The van der Waals surface area contributed by atoms with Gasteiger partial charge in [-0.15, -0.1) is 0 Å². The zero-order valence-corrected chi connectivity index (χ0v) is 24.4. The number of rotatable bonds is 3. The molecule has 3 heterocycles. The molecule has 0 aliphatic heterocycles. The van der Waals surface area contributed by atoms with Crippen LogP contribution in [0.2, 0.25) is 0 Å². The van der Waals surface area contributed by atoms with Crippen LogP contribution in [0.5, 0.6) is 0 Å². The van der Waals surface area contributed by atoms with Gasteiger partial charge in [-0.05, 0) is 72.1 Å². The lowest BCUT2D eigenvalue weighted by atomic mass is 10.0. The molecule has 3 aromatic heterocycles. The highest BCUT2D eigenvalue weighted by Gasteiger charge is 2.18. The summed E-state index contributed by atoms with van der Waals surface area (Å²) in [6.07, 6.45) is 2.22. The predicted octanol–water partition coefficient (Wildman–Crippen LogP) is 11.0. The Balaban J connectivity index is 1.25. The molecule has 0 radical (unpaired) electrons. The first-order valence-corrected chi connectivity index (χ1v) is 15.5. The van der Waals surface area contributed by atoms with E-state index in [4.69, 9.17) is 0 Å². The quantitative estimate of drug-likeness (QED) is 0.200. The molecule has 0 aliphatic rings. The summed E-state index contributed by atoms with van der Waals surface area (Å²) in [6, 6.07) is 57.2. The van der Waals surface area contributed by atoms with Crippen LogP contribution in [0.25, 0.3) is 82.3 Å². The van der Waals surface area contributed by atoms with Crippen LogP contribution in [0.4, 0.5) is 0 Å². The first kappa shape index (κ1) is 24.4. The van der Waals surface area contributed by atoms with E-state index in [1.54, 1.807) is 0 Å². The second-order valence-electron chi connectivity index (χ2n) is 11.8. The molecule has 0 N–H and O–H groups in total. The molecule has 10 rings (SSSR count). The molecule has 0 atom stereocenters. The zero-order chi connectivity index (χ0) is 29.5. The van der Waals surface area contributed by atoms with Crippen LogP contribution in [-0.2, 0) is 0 Å². The number of nitrogens with zero attached hydrogens (tertiary/aromatic N) is 3. The highest BCUT2D eigenvalue weighted by atomic mass is 15.0. The van der Waals surface area contributed by atoms with Crippen LogP contribution in [0, 0.1) is 0 Å². The standard InChI is InChI=1S/C42H27N3/c1-3-11-29(12-4-1)44-37-17-9-7-15-32(37)36-27-31(20-23-39(36)44)43-26-25-28-19-21-33-34(42(28)43)22-24-40-41(33)35-16-8-10-18-38(35)45(40)30-13-5-2-6-14-30/h1-27H. The molecule has 0 bridgehead atoms. The monoisotopic (exact) mass is 573 g/mol. The summed E-state index contributed by atoms with van der Waals surface area (Å²) in [5.41, 5.74) is 9.62. The molecule has 0 fully saturated rings.